The summed E-state index contributed by atoms with van der Waals surface area (Å²) in [6.07, 6.45) is 1.20. The SMILES string of the molecule is COc1cc(CN2c3nc(-c4c(OC)ncnc4C4CC4)ncc3CS2(=O)=O)ccc1-c1nc(C(F)(F)F)cn1C(C)C. The van der Waals surface area contributed by atoms with Gasteiger partial charge in [0.15, 0.2) is 17.3 Å². The maximum atomic E-state index is 13.5. The number of methoxy groups -OCH3 is 2. The number of anilines is 1. The van der Waals surface area contributed by atoms with Crippen LogP contribution in [0.3, 0.4) is 0 Å². The van der Waals surface area contributed by atoms with Crippen LogP contribution in [-0.4, -0.2) is 52.1 Å². The van der Waals surface area contributed by atoms with Crippen molar-refractivity contribution < 1.29 is 31.1 Å². The van der Waals surface area contributed by atoms with Gasteiger partial charge in [0.1, 0.15) is 23.5 Å². The molecule has 1 aliphatic carbocycles. The number of hydrogen-bond donors (Lipinski definition) is 0. The molecule has 0 radical (unpaired) electrons. The predicted octanol–water partition coefficient (Wildman–Crippen LogP) is 5.14. The van der Waals surface area contributed by atoms with Crippen LogP contribution in [0.1, 0.15) is 61.2 Å². The van der Waals surface area contributed by atoms with Crippen molar-refractivity contribution in [1.82, 2.24) is 29.5 Å². The fraction of sp³-hybridized carbons (Fsp3) is 0.393. The van der Waals surface area contributed by atoms with Crippen molar-refractivity contribution in [2.24, 2.45) is 0 Å². The molecule has 0 spiro atoms. The van der Waals surface area contributed by atoms with Crippen LogP contribution >= 0.6 is 0 Å². The number of fused-ring (bicyclic) bond motifs is 1. The highest BCUT2D eigenvalue weighted by molar-refractivity contribution is 7.92. The molecule has 1 fully saturated rings. The van der Waals surface area contributed by atoms with E-state index in [1.165, 1.54) is 35.6 Å². The molecule has 4 aromatic rings. The summed E-state index contributed by atoms with van der Waals surface area (Å²) < 4.78 is 80.7. The fourth-order valence-corrected chi connectivity index (χ4v) is 6.66. The van der Waals surface area contributed by atoms with E-state index >= 15 is 0 Å². The van der Waals surface area contributed by atoms with Crippen molar-refractivity contribution in [3.05, 3.63) is 59.4 Å². The molecular formula is C28H28F3N7O4S. The Balaban J connectivity index is 1.38. The zero-order chi connectivity index (χ0) is 30.7. The number of sulfonamides is 1. The first kappa shape index (κ1) is 28.8. The van der Waals surface area contributed by atoms with Gasteiger partial charge >= 0.3 is 6.18 Å². The molecule has 2 aliphatic rings. The lowest BCUT2D eigenvalue weighted by Crippen LogP contribution is -2.27. The number of imidazole rings is 1. The van der Waals surface area contributed by atoms with Gasteiger partial charge in [-0.1, -0.05) is 6.07 Å². The van der Waals surface area contributed by atoms with Crippen LogP contribution < -0.4 is 13.8 Å². The molecule has 0 atom stereocenters. The second kappa shape index (κ2) is 10.5. The van der Waals surface area contributed by atoms with E-state index in [0.29, 0.717) is 28.1 Å². The molecule has 1 saturated carbocycles. The standard InChI is InChI=1S/C28H28F3N7O4S/c1-15(2)37-12-21(28(29,30)31)35-26(37)19-8-5-16(9-20(19)41-3)11-38-25-18(13-43(38,39)40)10-32-24(36-25)22-23(17-6-7-17)33-14-34-27(22)42-4/h5,8-10,12,14-15,17H,6-7,11,13H2,1-4H3. The number of hydrogen-bond acceptors (Lipinski definition) is 9. The summed E-state index contributed by atoms with van der Waals surface area (Å²) in [7, 11) is -0.920. The summed E-state index contributed by atoms with van der Waals surface area (Å²) in [5.41, 5.74) is 1.60. The molecule has 43 heavy (non-hydrogen) atoms. The molecule has 1 aromatic carbocycles. The van der Waals surface area contributed by atoms with Crippen LogP contribution in [0.25, 0.3) is 22.8 Å². The number of rotatable bonds is 8. The third-order valence-corrected chi connectivity index (χ3v) is 9.04. The molecule has 15 heteroatoms. The van der Waals surface area contributed by atoms with Gasteiger partial charge < -0.3 is 14.0 Å². The van der Waals surface area contributed by atoms with Crippen LogP contribution in [0.4, 0.5) is 19.0 Å². The normalized spacial score (nSPS) is 16.0. The van der Waals surface area contributed by atoms with E-state index in [2.05, 4.69) is 24.9 Å². The van der Waals surface area contributed by atoms with Gasteiger partial charge in [0, 0.05) is 29.9 Å². The first-order chi connectivity index (χ1) is 20.4. The Morgan fingerprint density at radius 2 is 1.84 bits per heavy atom. The molecule has 0 unspecified atom stereocenters. The van der Waals surface area contributed by atoms with Crippen molar-refractivity contribution in [3.8, 4) is 34.4 Å². The molecule has 0 saturated heterocycles. The topological polar surface area (TPSA) is 125 Å². The van der Waals surface area contributed by atoms with E-state index in [9.17, 15) is 21.6 Å². The first-order valence-corrected chi connectivity index (χ1v) is 15.1. The third-order valence-electron chi connectivity index (χ3n) is 7.39. The molecular weight excluding hydrogens is 587 g/mol. The molecule has 4 heterocycles. The second-order valence-electron chi connectivity index (χ2n) is 10.7. The quantitative estimate of drug-likeness (QED) is 0.265. The second-order valence-corrected chi connectivity index (χ2v) is 12.6. The Kier molecular flexibility index (Phi) is 7.02. The van der Waals surface area contributed by atoms with Gasteiger partial charge in [0.05, 0.1) is 37.8 Å². The molecule has 3 aromatic heterocycles. The fourth-order valence-electron chi connectivity index (χ4n) is 5.14. The Morgan fingerprint density at radius 3 is 2.49 bits per heavy atom. The van der Waals surface area contributed by atoms with Gasteiger partial charge in [-0.3, -0.25) is 0 Å². The number of benzene rings is 1. The number of alkyl halides is 3. The Bertz CT molecular complexity index is 1820. The summed E-state index contributed by atoms with van der Waals surface area (Å²) in [6.45, 7) is 3.41. The Morgan fingerprint density at radius 1 is 1.07 bits per heavy atom. The van der Waals surface area contributed by atoms with E-state index in [1.807, 2.05) is 0 Å². The van der Waals surface area contributed by atoms with Gasteiger partial charge in [-0.2, -0.15) is 13.2 Å². The molecule has 6 rings (SSSR count). The first-order valence-electron chi connectivity index (χ1n) is 13.5. The van der Waals surface area contributed by atoms with E-state index in [0.717, 1.165) is 24.7 Å². The molecule has 1 aliphatic heterocycles. The molecule has 11 nitrogen and oxygen atoms in total. The smallest absolute Gasteiger partial charge is 0.434 e. The number of nitrogens with zero attached hydrogens (tertiary/aromatic N) is 7. The minimum atomic E-state index is -4.62. The highest BCUT2D eigenvalue weighted by atomic mass is 32.2. The lowest BCUT2D eigenvalue weighted by atomic mass is 10.1. The van der Waals surface area contributed by atoms with Gasteiger partial charge in [-0.25, -0.2) is 37.6 Å². The van der Waals surface area contributed by atoms with Crippen molar-refractivity contribution in [1.29, 1.82) is 0 Å². The summed E-state index contributed by atoms with van der Waals surface area (Å²) in [5.74, 6) is 1.08. The average Bonchev–Trinajstić information content (AvgIpc) is 3.65. The van der Waals surface area contributed by atoms with Crippen LogP contribution in [0.15, 0.2) is 36.9 Å². The largest absolute Gasteiger partial charge is 0.496 e. The van der Waals surface area contributed by atoms with Gasteiger partial charge in [-0.05, 0) is 44.4 Å². The zero-order valence-electron chi connectivity index (χ0n) is 23.8. The Labute approximate surface area is 245 Å². The van der Waals surface area contributed by atoms with Crippen molar-refractivity contribution in [2.45, 2.75) is 57.1 Å². The number of halogens is 3. The van der Waals surface area contributed by atoms with E-state index in [-0.39, 0.29) is 47.5 Å². The maximum Gasteiger partial charge on any atom is 0.434 e. The van der Waals surface area contributed by atoms with Crippen molar-refractivity contribution in [2.75, 3.05) is 18.5 Å². The van der Waals surface area contributed by atoms with E-state index < -0.39 is 21.9 Å². The lowest BCUT2D eigenvalue weighted by Gasteiger charge is -2.20. The maximum absolute atomic E-state index is 13.5. The monoisotopic (exact) mass is 615 g/mol. The van der Waals surface area contributed by atoms with Crippen molar-refractivity contribution in [3.63, 3.8) is 0 Å². The van der Waals surface area contributed by atoms with Crippen molar-refractivity contribution >= 4 is 15.8 Å². The Hall–Kier alpha value is -4.27. The lowest BCUT2D eigenvalue weighted by molar-refractivity contribution is -0.140. The number of ether oxygens (including phenoxy) is 2. The van der Waals surface area contributed by atoms with Gasteiger partial charge in [0.25, 0.3) is 0 Å². The summed E-state index contributed by atoms with van der Waals surface area (Å²) in [4.78, 5) is 21.6. The minimum absolute atomic E-state index is 0.0905. The van der Waals surface area contributed by atoms with E-state index in [1.54, 1.807) is 32.0 Å². The summed E-state index contributed by atoms with van der Waals surface area (Å²) in [6, 6.07) is 4.51. The molecule has 0 N–H and O–H groups in total. The number of aromatic nitrogens is 6. The van der Waals surface area contributed by atoms with Crippen LogP contribution in [-0.2, 0) is 28.5 Å². The van der Waals surface area contributed by atoms with Crippen LogP contribution in [0.5, 0.6) is 11.6 Å². The predicted molar refractivity (Wildman–Crippen MR) is 150 cm³/mol. The summed E-state index contributed by atoms with van der Waals surface area (Å²) in [5, 5.41) is 0. The highest BCUT2D eigenvalue weighted by Crippen LogP contribution is 2.46. The van der Waals surface area contributed by atoms with Gasteiger partial charge in [-0.15, -0.1) is 0 Å². The average molecular weight is 616 g/mol. The molecule has 0 bridgehead atoms. The third kappa shape index (κ3) is 5.26. The van der Waals surface area contributed by atoms with Crippen LogP contribution in [0, 0.1) is 0 Å². The molecule has 0 amide bonds. The zero-order valence-corrected chi connectivity index (χ0v) is 24.6. The van der Waals surface area contributed by atoms with Gasteiger partial charge in [0.2, 0.25) is 15.9 Å². The highest BCUT2D eigenvalue weighted by Gasteiger charge is 2.38. The summed E-state index contributed by atoms with van der Waals surface area (Å²) >= 11 is 0. The minimum Gasteiger partial charge on any atom is -0.496 e. The van der Waals surface area contributed by atoms with E-state index in [4.69, 9.17) is 9.47 Å². The van der Waals surface area contributed by atoms with Crippen LogP contribution in [0.2, 0.25) is 0 Å². The molecule has 226 valence electrons.